The largest absolute Gasteiger partial charge is 0.455 e. The molecule has 0 amide bonds. The molecule has 6 nitrogen and oxygen atoms in total. The van der Waals surface area contributed by atoms with Crippen molar-refractivity contribution in [2.24, 2.45) is 5.92 Å². The lowest BCUT2D eigenvalue weighted by Gasteiger charge is -2.46. The van der Waals surface area contributed by atoms with Crippen molar-refractivity contribution in [3.05, 3.63) is 64.4 Å². The molecule has 0 atom stereocenters. The van der Waals surface area contributed by atoms with E-state index >= 15 is 0 Å². The molecule has 0 unspecified atom stereocenters. The average molecular weight is 521 g/mol. The molecule has 7 heteroatoms. The van der Waals surface area contributed by atoms with Gasteiger partial charge in [0.2, 0.25) is 0 Å². The number of Topliss-reactive ketones (excluding diaryl/α,β-unsaturated/α-hetero) is 1. The van der Waals surface area contributed by atoms with E-state index < -0.39 is 0 Å². The number of ketones is 1. The zero-order valence-corrected chi connectivity index (χ0v) is 21.5. The smallest absolute Gasteiger partial charge is 0.163 e. The third-order valence-corrected chi connectivity index (χ3v) is 6.79. The average Bonchev–Trinajstić information content (AvgIpc) is 3.27. The Labute approximate surface area is 208 Å². The number of benzene rings is 2. The highest BCUT2D eigenvalue weighted by Gasteiger charge is 2.38. The number of carbonyl (C=O) groups excluding carboxylic acids is 1. The van der Waals surface area contributed by atoms with Gasteiger partial charge in [-0.15, -0.1) is 0 Å². The van der Waals surface area contributed by atoms with Crippen LogP contribution in [0.25, 0.3) is 11.1 Å². The summed E-state index contributed by atoms with van der Waals surface area (Å²) < 4.78 is 6.76. The molecule has 176 valence electrons. The summed E-state index contributed by atoms with van der Waals surface area (Å²) in [6, 6.07) is 13.1. The van der Waals surface area contributed by atoms with Gasteiger partial charge in [-0.25, -0.2) is 0 Å². The summed E-state index contributed by atoms with van der Waals surface area (Å²) in [5.74, 6) is 1.45. The molecule has 1 aliphatic heterocycles. The van der Waals surface area contributed by atoms with Crippen LogP contribution < -0.4 is 10.1 Å². The standard InChI is InChI=1S/C27H29BrN4O2/c1-26(2)12-17(13-27(3,4)32-26)10-23(33)18-8-9-25(22(28)11-18)34-24-7-5-6-20(21(24)14-29)19-15-30-31-16-19/h5-9,11,15-17,32H,10,12-13H2,1-4H3,(H,30,31). The lowest BCUT2D eigenvalue weighted by molar-refractivity contribution is 0.0864. The zero-order chi connectivity index (χ0) is 24.5. The van der Waals surface area contributed by atoms with Gasteiger partial charge in [0, 0.05) is 40.4 Å². The first-order valence-electron chi connectivity index (χ1n) is 11.4. The Balaban J connectivity index is 1.52. The van der Waals surface area contributed by atoms with E-state index in [1.165, 1.54) is 0 Å². The summed E-state index contributed by atoms with van der Waals surface area (Å²) in [6.07, 6.45) is 5.86. The van der Waals surface area contributed by atoms with E-state index in [-0.39, 0.29) is 16.9 Å². The number of piperidine rings is 1. The zero-order valence-electron chi connectivity index (χ0n) is 19.9. The highest BCUT2D eigenvalue weighted by atomic mass is 79.9. The minimum absolute atomic E-state index is 0.00836. The summed E-state index contributed by atoms with van der Waals surface area (Å²) in [5.41, 5.74) is 2.65. The van der Waals surface area contributed by atoms with Gasteiger partial charge in [0.1, 0.15) is 23.1 Å². The van der Waals surface area contributed by atoms with Crippen molar-refractivity contribution in [1.29, 1.82) is 5.26 Å². The number of carbonyl (C=O) groups is 1. The van der Waals surface area contributed by atoms with Crippen LogP contribution in [0.3, 0.4) is 0 Å². The van der Waals surface area contributed by atoms with Crippen LogP contribution in [0.1, 0.15) is 62.9 Å². The van der Waals surface area contributed by atoms with E-state index in [1.54, 1.807) is 36.7 Å². The van der Waals surface area contributed by atoms with Crippen LogP contribution >= 0.6 is 15.9 Å². The fourth-order valence-corrected chi connectivity index (χ4v) is 5.76. The second kappa shape index (κ2) is 9.36. The maximum absolute atomic E-state index is 13.1. The Morgan fingerprint density at radius 3 is 2.53 bits per heavy atom. The van der Waals surface area contributed by atoms with E-state index in [0.29, 0.717) is 39.4 Å². The minimum atomic E-state index is 0.00836. The molecule has 1 aromatic heterocycles. The van der Waals surface area contributed by atoms with Crippen LogP contribution in [-0.4, -0.2) is 27.1 Å². The van der Waals surface area contributed by atoms with Crippen molar-refractivity contribution >= 4 is 21.7 Å². The first-order chi connectivity index (χ1) is 16.1. The van der Waals surface area contributed by atoms with Crippen LogP contribution in [-0.2, 0) is 0 Å². The van der Waals surface area contributed by atoms with Gasteiger partial charge in [-0.3, -0.25) is 9.89 Å². The molecule has 4 rings (SSSR count). The Morgan fingerprint density at radius 2 is 1.91 bits per heavy atom. The second-order valence-corrected chi connectivity index (χ2v) is 11.2. The fraction of sp³-hybridized carbons (Fsp3) is 0.370. The van der Waals surface area contributed by atoms with Crippen LogP contribution in [0.15, 0.2) is 53.3 Å². The van der Waals surface area contributed by atoms with Crippen molar-refractivity contribution in [2.45, 2.75) is 58.0 Å². The van der Waals surface area contributed by atoms with Gasteiger partial charge < -0.3 is 10.1 Å². The van der Waals surface area contributed by atoms with Gasteiger partial charge in [0.25, 0.3) is 0 Å². The molecule has 1 aliphatic rings. The first-order valence-corrected chi connectivity index (χ1v) is 12.2. The van der Waals surface area contributed by atoms with E-state index in [4.69, 9.17) is 4.74 Å². The van der Waals surface area contributed by atoms with Gasteiger partial charge in [-0.05, 0) is 86.6 Å². The summed E-state index contributed by atoms with van der Waals surface area (Å²) in [7, 11) is 0. The Bertz CT molecular complexity index is 1230. The number of halogens is 1. The van der Waals surface area contributed by atoms with Crippen molar-refractivity contribution in [3.8, 4) is 28.7 Å². The topological polar surface area (TPSA) is 90.8 Å². The number of aromatic nitrogens is 2. The fourth-order valence-electron chi connectivity index (χ4n) is 5.30. The summed E-state index contributed by atoms with van der Waals surface area (Å²) in [4.78, 5) is 13.1. The molecule has 2 aromatic carbocycles. The predicted octanol–water partition coefficient (Wildman–Crippen LogP) is 6.63. The van der Waals surface area contributed by atoms with Gasteiger partial charge in [-0.1, -0.05) is 12.1 Å². The first kappa shape index (κ1) is 24.2. The number of nitrogens with one attached hydrogen (secondary N) is 2. The van der Waals surface area contributed by atoms with Crippen molar-refractivity contribution in [1.82, 2.24) is 15.5 Å². The van der Waals surface area contributed by atoms with Crippen molar-refractivity contribution in [3.63, 3.8) is 0 Å². The second-order valence-electron chi connectivity index (χ2n) is 10.3. The molecule has 3 aromatic rings. The normalized spacial score (nSPS) is 17.2. The third-order valence-electron chi connectivity index (χ3n) is 6.17. The number of hydrogen-bond acceptors (Lipinski definition) is 5. The Morgan fingerprint density at radius 1 is 1.18 bits per heavy atom. The maximum atomic E-state index is 13.1. The maximum Gasteiger partial charge on any atom is 0.163 e. The molecule has 0 spiro atoms. The van der Waals surface area contributed by atoms with E-state index in [9.17, 15) is 10.1 Å². The third kappa shape index (κ3) is 5.40. The molecular weight excluding hydrogens is 492 g/mol. The number of ether oxygens (including phenoxy) is 1. The van der Waals surface area contributed by atoms with Gasteiger partial charge in [-0.2, -0.15) is 10.4 Å². The number of hydrogen-bond donors (Lipinski definition) is 2. The molecule has 1 fully saturated rings. The lowest BCUT2D eigenvalue weighted by atomic mass is 9.74. The lowest BCUT2D eigenvalue weighted by Crippen LogP contribution is -2.57. The molecule has 1 saturated heterocycles. The summed E-state index contributed by atoms with van der Waals surface area (Å²) in [6.45, 7) is 8.80. The molecule has 0 saturated carbocycles. The van der Waals surface area contributed by atoms with Crippen LogP contribution in [0.5, 0.6) is 11.5 Å². The molecule has 34 heavy (non-hydrogen) atoms. The highest BCUT2D eigenvalue weighted by molar-refractivity contribution is 9.10. The van der Waals surface area contributed by atoms with E-state index in [1.807, 2.05) is 12.1 Å². The van der Waals surface area contributed by atoms with Gasteiger partial charge >= 0.3 is 0 Å². The molecule has 2 N–H and O–H groups in total. The number of nitriles is 1. The minimum Gasteiger partial charge on any atom is -0.455 e. The SMILES string of the molecule is CC1(C)CC(CC(=O)c2ccc(Oc3cccc(-c4cn[nH]c4)c3C#N)c(Br)c2)CC(C)(C)N1. The monoisotopic (exact) mass is 520 g/mol. The van der Waals surface area contributed by atoms with Gasteiger partial charge in [0.05, 0.1) is 10.7 Å². The molecule has 0 aliphatic carbocycles. The van der Waals surface area contributed by atoms with Crippen LogP contribution in [0, 0.1) is 17.2 Å². The molecular formula is C27H29BrN4O2. The van der Waals surface area contributed by atoms with Crippen molar-refractivity contribution in [2.75, 3.05) is 0 Å². The summed E-state index contributed by atoms with van der Waals surface area (Å²) in [5, 5.41) is 20.2. The molecule has 0 bridgehead atoms. The van der Waals surface area contributed by atoms with E-state index in [2.05, 4.69) is 65.2 Å². The van der Waals surface area contributed by atoms with E-state index in [0.717, 1.165) is 24.0 Å². The number of aromatic amines is 1. The number of nitrogens with zero attached hydrogens (tertiary/aromatic N) is 2. The number of H-pyrrole nitrogens is 1. The Kier molecular flexibility index (Phi) is 6.66. The van der Waals surface area contributed by atoms with Crippen LogP contribution in [0.2, 0.25) is 0 Å². The number of rotatable bonds is 6. The predicted molar refractivity (Wildman–Crippen MR) is 136 cm³/mol. The molecule has 2 heterocycles. The summed E-state index contributed by atoms with van der Waals surface area (Å²) >= 11 is 3.55. The highest BCUT2D eigenvalue weighted by Crippen LogP contribution is 2.38. The molecule has 0 radical (unpaired) electrons. The van der Waals surface area contributed by atoms with Crippen LogP contribution in [0.4, 0.5) is 0 Å². The Hall–Kier alpha value is -2.95. The van der Waals surface area contributed by atoms with Crippen molar-refractivity contribution < 1.29 is 9.53 Å². The van der Waals surface area contributed by atoms with Gasteiger partial charge in [0.15, 0.2) is 5.78 Å². The quantitative estimate of drug-likeness (QED) is 0.355.